The van der Waals surface area contributed by atoms with Gasteiger partial charge in [-0.1, -0.05) is 40.2 Å². The lowest BCUT2D eigenvalue weighted by atomic mass is 9.92. The largest absolute Gasteiger partial charge is 0.207 e. The van der Waals surface area contributed by atoms with Gasteiger partial charge < -0.3 is 0 Å². The normalized spacial score (nSPS) is 12.4. The third-order valence-corrected chi connectivity index (χ3v) is 4.33. The Balaban J connectivity index is 2.11. The first-order chi connectivity index (χ1) is 9.58. The molecular formula is C17H17BrClF. The van der Waals surface area contributed by atoms with Crippen molar-refractivity contribution in [3.05, 3.63) is 69.4 Å². The number of hydrogen-bond donors (Lipinski definition) is 0. The zero-order chi connectivity index (χ0) is 14.5. The van der Waals surface area contributed by atoms with Crippen molar-refractivity contribution in [1.82, 2.24) is 0 Å². The molecule has 0 bridgehead atoms. The van der Waals surface area contributed by atoms with Gasteiger partial charge in [-0.15, -0.1) is 11.6 Å². The van der Waals surface area contributed by atoms with Gasteiger partial charge in [0.05, 0.1) is 0 Å². The van der Waals surface area contributed by atoms with Crippen molar-refractivity contribution in [2.24, 2.45) is 5.92 Å². The molecule has 0 radical (unpaired) electrons. The van der Waals surface area contributed by atoms with Crippen LogP contribution >= 0.6 is 27.5 Å². The molecule has 0 amide bonds. The van der Waals surface area contributed by atoms with Crippen molar-refractivity contribution in [3.8, 4) is 0 Å². The molecule has 3 heteroatoms. The average molecular weight is 356 g/mol. The molecule has 0 aliphatic carbocycles. The quantitative estimate of drug-likeness (QED) is 0.618. The summed E-state index contributed by atoms with van der Waals surface area (Å²) in [6, 6.07) is 13.4. The Bertz CT molecular complexity index is 563. The minimum absolute atomic E-state index is 0.210. The van der Waals surface area contributed by atoms with Gasteiger partial charge >= 0.3 is 0 Å². The van der Waals surface area contributed by atoms with Crippen molar-refractivity contribution in [2.45, 2.75) is 19.8 Å². The molecule has 2 aromatic carbocycles. The summed E-state index contributed by atoms with van der Waals surface area (Å²) < 4.78 is 14.2. The highest BCUT2D eigenvalue weighted by Gasteiger charge is 2.12. The number of hydrogen-bond acceptors (Lipinski definition) is 0. The second-order valence-corrected chi connectivity index (χ2v) is 6.36. The second-order valence-electron chi connectivity index (χ2n) is 5.13. The van der Waals surface area contributed by atoms with Crippen molar-refractivity contribution in [3.63, 3.8) is 0 Å². The van der Waals surface area contributed by atoms with E-state index >= 15 is 0 Å². The van der Waals surface area contributed by atoms with Gasteiger partial charge in [-0.05, 0) is 60.6 Å². The molecular weight excluding hydrogens is 339 g/mol. The fraction of sp³-hybridized carbons (Fsp3) is 0.294. The molecule has 106 valence electrons. The number of alkyl halides is 1. The molecule has 0 fully saturated rings. The van der Waals surface area contributed by atoms with E-state index in [1.165, 1.54) is 17.2 Å². The van der Waals surface area contributed by atoms with Crippen molar-refractivity contribution >= 4 is 27.5 Å². The molecule has 0 N–H and O–H groups in total. The van der Waals surface area contributed by atoms with Crippen LogP contribution in [0.15, 0.2) is 46.9 Å². The maximum absolute atomic E-state index is 13.4. The van der Waals surface area contributed by atoms with Crippen LogP contribution in [0.5, 0.6) is 0 Å². The summed E-state index contributed by atoms with van der Waals surface area (Å²) in [5.41, 5.74) is 3.58. The molecule has 0 aliphatic heterocycles. The van der Waals surface area contributed by atoms with Crippen LogP contribution in [0.25, 0.3) is 0 Å². The van der Waals surface area contributed by atoms with E-state index in [0.29, 0.717) is 11.8 Å². The van der Waals surface area contributed by atoms with Crippen LogP contribution in [-0.2, 0) is 12.8 Å². The van der Waals surface area contributed by atoms with Crippen LogP contribution in [0.1, 0.15) is 16.7 Å². The van der Waals surface area contributed by atoms with Crippen LogP contribution in [0.4, 0.5) is 4.39 Å². The predicted octanol–water partition coefficient (Wildman–Crippen LogP) is 5.54. The molecule has 1 atom stereocenters. The maximum atomic E-state index is 13.4. The Hall–Kier alpha value is -0.860. The highest BCUT2D eigenvalue weighted by Crippen LogP contribution is 2.21. The van der Waals surface area contributed by atoms with Crippen molar-refractivity contribution < 1.29 is 4.39 Å². The maximum Gasteiger partial charge on any atom is 0.124 e. The Morgan fingerprint density at radius 3 is 2.55 bits per heavy atom. The van der Waals surface area contributed by atoms with Gasteiger partial charge in [0.15, 0.2) is 0 Å². The number of aryl methyl sites for hydroxylation is 1. The summed E-state index contributed by atoms with van der Waals surface area (Å²) >= 11 is 9.42. The van der Waals surface area contributed by atoms with E-state index in [0.717, 1.165) is 22.9 Å². The van der Waals surface area contributed by atoms with Gasteiger partial charge in [0.1, 0.15) is 5.82 Å². The highest BCUT2D eigenvalue weighted by molar-refractivity contribution is 9.10. The average Bonchev–Trinajstić information content (AvgIpc) is 2.39. The molecule has 0 nitrogen and oxygen atoms in total. The molecule has 0 spiro atoms. The second kappa shape index (κ2) is 7.24. The van der Waals surface area contributed by atoms with E-state index in [1.54, 1.807) is 6.07 Å². The van der Waals surface area contributed by atoms with Gasteiger partial charge in [-0.2, -0.15) is 0 Å². The molecule has 0 saturated carbocycles. The minimum atomic E-state index is -0.210. The predicted molar refractivity (Wildman–Crippen MR) is 86.9 cm³/mol. The third kappa shape index (κ3) is 4.32. The van der Waals surface area contributed by atoms with Crippen LogP contribution in [-0.4, -0.2) is 5.88 Å². The topological polar surface area (TPSA) is 0 Å². The number of benzene rings is 2. The van der Waals surface area contributed by atoms with E-state index in [9.17, 15) is 4.39 Å². The summed E-state index contributed by atoms with van der Waals surface area (Å²) in [5, 5.41) is 0. The van der Waals surface area contributed by atoms with E-state index in [-0.39, 0.29) is 5.82 Å². The SMILES string of the molecule is Cc1ccccc1CC(CCl)Cc1cc(F)cc(Br)c1. The summed E-state index contributed by atoms with van der Waals surface area (Å²) in [6.45, 7) is 2.11. The van der Waals surface area contributed by atoms with Crippen LogP contribution < -0.4 is 0 Å². The van der Waals surface area contributed by atoms with Gasteiger partial charge in [-0.25, -0.2) is 4.39 Å². The van der Waals surface area contributed by atoms with Crippen LogP contribution in [0.2, 0.25) is 0 Å². The van der Waals surface area contributed by atoms with E-state index in [4.69, 9.17) is 11.6 Å². The lowest BCUT2D eigenvalue weighted by Gasteiger charge is -2.16. The highest BCUT2D eigenvalue weighted by atomic mass is 79.9. The smallest absolute Gasteiger partial charge is 0.124 e. The van der Waals surface area contributed by atoms with Crippen molar-refractivity contribution in [1.29, 1.82) is 0 Å². The monoisotopic (exact) mass is 354 g/mol. The Labute approximate surface area is 133 Å². The molecule has 0 aliphatic rings. The zero-order valence-electron chi connectivity index (χ0n) is 11.4. The summed E-state index contributed by atoms with van der Waals surface area (Å²) in [6.07, 6.45) is 1.71. The van der Waals surface area contributed by atoms with E-state index < -0.39 is 0 Å². The van der Waals surface area contributed by atoms with E-state index in [2.05, 4.69) is 35.0 Å². The van der Waals surface area contributed by atoms with Gasteiger partial charge in [0, 0.05) is 10.4 Å². The Morgan fingerprint density at radius 2 is 1.90 bits per heavy atom. The Kier molecular flexibility index (Phi) is 5.62. The minimum Gasteiger partial charge on any atom is -0.207 e. The molecule has 2 aromatic rings. The van der Waals surface area contributed by atoms with Crippen LogP contribution in [0.3, 0.4) is 0 Å². The zero-order valence-corrected chi connectivity index (χ0v) is 13.7. The van der Waals surface area contributed by atoms with Gasteiger partial charge in [-0.3, -0.25) is 0 Å². The lowest BCUT2D eigenvalue weighted by molar-refractivity contribution is 0.575. The van der Waals surface area contributed by atoms with Crippen molar-refractivity contribution in [2.75, 3.05) is 5.88 Å². The molecule has 0 heterocycles. The molecule has 1 unspecified atom stereocenters. The fourth-order valence-corrected chi connectivity index (χ4v) is 3.12. The summed E-state index contributed by atoms with van der Waals surface area (Å²) in [7, 11) is 0. The van der Waals surface area contributed by atoms with Crippen LogP contribution in [0, 0.1) is 18.7 Å². The summed E-state index contributed by atoms with van der Waals surface area (Å²) in [5.74, 6) is 0.674. The number of halogens is 3. The molecule has 0 aromatic heterocycles. The van der Waals surface area contributed by atoms with Gasteiger partial charge in [0.25, 0.3) is 0 Å². The lowest BCUT2D eigenvalue weighted by Crippen LogP contribution is -2.11. The number of rotatable bonds is 5. The first-order valence-corrected chi connectivity index (χ1v) is 7.96. The van der Waals surface area contributed by atoms with E-state index in [1.807, 2.05) is 18.2 Å². The molecule has 2 rings (SSSR count). The first kappa shape index (κ1) is 15.5. The standard InChI is InChI=1S/C17H17BrClF/c1-12-4-2-3-5-15(12)7-14(11-19)6-13-8-16(18)10-17(20)9-13/h2-5,8-10,14H,6-7,11H2,1H3. The van der Waals surface area contributed by atoms with Gasteiger partial charge in [0.2, 0.25) is 0 Å². The Morgan fingerprint density at radius 1 is 1.15 bits per heavy atom. The molecule has 0 saturated heterocycles. The first-order valence-electron chi connectivity index (χ1n) is 6.64. The molecule has 20 heavy (non-hydrogen) atoms. The summed E-state index contributed by atoms with van der Waals surface area (Å²) in [4.78, 5) is 0. The third-order valence-electron chi connectivity index (χ3n) is 3.43. The fourth-order valence-electron chi connectivity index (χ4n) is 2.39.